The van der Waals surface area contributed by atoms with Crippen LogP contribution in [0, 0.1) is 0 Å². The van der Waals surface area contributed by atoms with Crippen LogP contribution in [0.15, 0.2) is 33.0 Å². The van der Waals surface area contributed by atoms with Gasteiger partial charge in [0.05, 0.1) is 6.26 Å². The van der Waals surface area contributed by atoms with Crippen LogP contribution in [-0.2, 0) is 12.8 Å². The van der Waals surface area contributed by atoms with Gasteiger partial charge in [0, 0.05) is 31.2 Å². The molecule has 0 radical (unpaired) electrons. The van der Waals surface area contributed by atoms with Crippen molar-refractivity contribution in [3.05, 3.63) is 34.9 Å². The first kappa shape index (κ1) is 6.23. The van der Waals surface area contributed by atoms with Crippen molar-refractivity contribution < 1.29 is 4.42 Å². The third-order valence-corrected chi connectivity index (χ3v) is 2.56. The van der Waals surface area contributed by atoms with Gasteiger partial charge in [-0.15, -0.1) is 0 Å². The summed E-state index contributed by atoms with van der Waals surface area (Å²) in [6.07, 6.45) is 6.73. The number of furan rings is 1. The van der Waals surface area contributed by atoms with Crippen molar-refractivity contribution in [3.8, 4) is 0 Å². The van der Waals surface area contributed by atoms with E-state index < -0.39 is 0 Å². The molecule has 12 heavy (non-hydrogen) atoms. The third kappa shape index (κ3) is 0.721. The van der Waals surface area contributed by atoms with Gasteiger partial charge in [0.15, 0.2) is 0 Å². The summed E-state index contributed by atoms with van der Waals surface area (Å²) in [5.74, 6) is 1.14. The number of hydrogen-bond donors (Lipinski definition) is 0. The minimum Gasteiger partial charge on any atom is -0.469 e. The second-order valence-electron chi connectivity index (χ2n) is 3.29. The Morgan fingerprint density at radius 2 is 2.33 bits per heavy atom. The van der Waals surface area contributed by atoms with E-state index in [0.29, 0.717) is 0 Å². The lowest BCUT2D eigenvalue weighted by Crippen LogP contribution is -2.02. The first-order valence-corrected chi connectivity index (χ1v) is 4.22. The van der Waals surface area contributed by atoms with Crippen LogP contribution < -0.4 is 0 Å². The van der Waals surface area contributed by atoms with E-state index in [-0.39, 0.29) is 0 Å². The van der Waals surface area contributed by atoms with Crippen molar-refractivity contribution in [1.29, 1.82) is 0 Å². The fourth-order valence-electron chi connectivity index (χ4n) is 1.87. The topological polar surface area (TPSA) is 25.5 Å². The SMILES string of the molecule is C1=NC2=C(C1)Cc1occc1C2. The monoisotopic (exact) mass is 159 g/mol. The molecule has 2 heterocycles. The lowest BCUT2D eigenvalue weighted by Gasteiger charge is -2.11. The Bertz CT molecular complexity index is 384. The van der Waals surface area contributed by atoms with Crippen LogP contribution in [0.3, 0.4) is 0 Å². The predicted molar refractivity (Wildman–Crippen MR) is 46.3 cm³/mol. The summed E-state index contributed by atoms with van der Waals surface area (Å²) in [5, 5.41) is 0. The minimum atomic E-state index is 0.970. The van der Waals surface area contributed by atoms with E-state index >= 15 is 0 Å². The number of hydrogen-bond acceptors (Lipinski definition) is 2. The normalized spacial score (nSPS) is 19.7. The third-order valence-electron chi connectivity index (χ3n) is 2.56. The fourth-order valence-corrected chi connectivity index (χ4v) is 1.87. The first-order chi connectivity index (χ1) is 5.93. The zero-order chi connectivity index (χ0) is 7.97. The Morgan fingerprint density at radius 3 is 3.33 bits per heavy atom. The summed E-state index contributed by atoms with van der Waals surface area (Å²) < 4.78 is 5.37. The predicted octanol–water partition coefficient (Wildman–Crippen LogP) is 2.11. The van der Waals surface area contributed by atoms with Crippen LogP contribution in [0.4, 0.5) is 0 Å². The summed E-state index contributed by atoms with van der Waals surface area (Å²) in [6.45, 7) is 0. The molecule has 0 spiro atoms. The Kier molecular flexibility index (Phi) is 1.09. The van der Waals surface area contributed by atoms with Gasteiger partial charge in [-0.2, -0.15) is 0 Å². The largest absolute Gasteiger partial charge is 0.469 e. The highest BCUT2D eigenvalue weighted by Crippen LogP contribution is 2.31. The number of aliphatic imine (C=N–C) groups is 1. The van der Waals surface area contributed by atoms with E-state index in [0.717, 1.165) is 25.0 Å². The molecule has 2 aliphatic rings. The van der Waals surface area contributed by atoms with Crippen LogP contribution in [0.25, 0.3) is 0 Å². The van der Waals surface area contributed by atoms with E-state index in [4.69, 9.17) is 4.42 Å². The second kappa shape index (κ2) is 2.09. The van der Waals surface area contributed by atoms with Gasteiger partial charge in [-0.3, -0.25) is 4.99 Å². The number of nitrogens with zero attached hydrogens (tertiary/aromatic N) is 1. The Morgan fingerprint density at radius 1 is 1.33 bits per heavy atom. The zero-order valence-corrected chi connectivity index (χ0v) is 6.71. The summed E-state index contributed by atoms with van der Waals surface area (Å²) in [5.41, 5.74) is 4.02. The van der Waals surface area contributed by atoms with Crippen LogP contribution in [0.5, 0.6) is 0 Å². The van der Waals surface area contributed by atoms with Crippen LogP contribution in [-0.4, -0.2) is 6.21 Å². The molecular weight excluding hydrogens is 150 g/mol. The van der Waals surface area contributed by atoms with Gasteiger partial charge in [-0.05, 0) is 17.2 Å². The van der Waals surface area contributed by atoms with Crippen molar-refractivity contribution >= 4 is 6.21 Å². The van der Waals surface area contributed by atoms with Crippen molar-refractivity contribution in [1.82, 2.24) is 0 Å². The highest BCUT2D eigenvalue weighted by Gasteiger charge is 2.21. The molecule has 0 amide bonds. The average Bonchev–Trinajstić information content (AvgIpc) is 2.64. The Hall–Kier alpha value is -1.31. The molecule has 1 aliphatic heterocycles. The maximum absolute atomic E-state index is 5.37. The molecule has 0 saturated carbocycles. The molecule has 0 fully saturated rings. The number of fused-ring (bicyclic) bond motifs is 1. The summed E-state index contributed by atoms with van der Waals surface area (Å²) in [6, 6.07) is 2.05. The lowest BCUT2D eigenvalue weighted by atomic mass is 9.95. The quantitative estimate of drug-likeness (QED) is 0.569. The zero-order valence-electron chi connectivity index (χ0n) is 6.71. The molecule has 0 atom stereocenters. The van der Waals surface area contributed by atoms with Crippen molar-refractivity contribution in [2.24, 2.45) is 4.99 Å². The summed E-state index contributed by atoms with van der Waals surface area (Å²) >= 11 is 0. The van der Waals surface area contributed by atoms with Crippen LogP contribution in [0.1, 0.15) is 17.7 Å². The summed E-state index contributed by atoms with van der Waals surface area (Å²) in [4.78, 5) is 4.35. The van der Waals surface area contributed by atoms with E-state index in [9.17, 15) is 0 Å². The standard InChI is InChI=1S/C10H9NO/c1-3-11-9-5-8-2-4-12-10(8)6-7(1)9/h2-4H,1,5-6H2. The molecule has 0 unspecified atom stereocenters. The van der Waals surface area contributed by atoms with Crippen LogP contribution >= 0.6 is 0 Å². The second-order valence-corrected chi connectivity index (χ2v) is 3.29. The fraction of sp³-hybridized carbons (Fsp3) is 0.300. The maximum Gasteiger partial charge on any atom is 0.111 e. The van der Waals surface area contributed by atoms with E-state index in [2.05, 4.69) is 4.99 Å². The van der Waals surface area contributed by atoms with Gasteiger partial charge >= 0.3 is 0 Å². The minimum absolute atomic E-state index is 0.970. The molecule has 1 aromatic rings. The van der Waals surface area contributed by atoms with Gasteiger partial charge in [0.1, 0.15) is 5.76 Å². The maximum atomic E-state index is 5.37. The molecule has 1 aliphatic carbocycles. The van der Waals surface area contributed by atoms with E-state index in [1.54, 1.807) is 6.26 Å². The molecule has 0 bridgehead atoms. The molecule has 60 valence electrons. The lowest BCUT2D eigenvalue weighted by molar-refractivity contribution is 0.511. The highest BCUT2D eigenvalue weighted by atomic mass is 16.3. The highest BCUT2D eigenvalue weighted by molar-refractivity contribution is 5.68. The Balaban J connectivity index is 2.07. The molecule has 2 heteroatoms. The van der Waals surface area contributed by atoms with Gasteiger partial charge in [-0.25, -0.2) is 0 Å². The first-order valence-electron chi connectivity index (χ1n) is 4.22. The number of allylic oxidation sites excluding steroid dienone is 2. The van der Waals surface area contributed by atoms with Crippen molar-refractivity contribution in [2.45, 2.75) is 19.3 Å². The van der Waals surface area contributed by atoms with Crippen molar-refractivity contribution in [2.75, 3.05) is 0 Å². The Labute approximate surface area is 70.6 Å². The molecular formula is C10H9NO. The van der Waals surface area contributed by atoms with E-state index in [1.807, 2.05) is 12.3 Å². The van der Waals surface area contributed by atoms with Crippen LogP contribution in [0.2, 0.25) is 0 Å². The molecule has 0 N–H and O–H groups in total. The molecule has 3 rings (SSSR count). The molecule has 1 aromatic heterocycles. The smallest absolute Gasteiger partial charge is 0.111 e. The van der Waals surface area contributed by atoms with Gasteiger partial charge in [0.25, 0.3) is 0 Å². The molecule has 2 nitrogen and oxygen atoms in total. The van der Waals surface area contributed by atoms with Gasteiger partial charge in [0.2, 0.25) is 0 Å². The average molecular weight is 159 g/mol. The van der Waals surface area contributed by atoms with E-state index in [1.165, 1.54) is 16.8 Å². The van der Waals surface area contributed by atoms with Gasteiger partial charge < -0.3 is 4.42 Å². The molecule has 0 aromatic carbocycles. The number of rotatable bonds is 0. The van der Waals surface area contributed by atoms with Crippen molar-refractivity contribution in [3.63, 3.8) is 0 Å². The molecule has 0 saturated heterocycles. The van der Waals surface area contributed by atoms with Gasteiger partial charge in [-0.1, -0.05) is 0 Å². The summed E-state index contributed by atoms with van der Waals surface area (Å²) in [7, 11) is 0.